The van der Waals surface area contributed by atoms with Gasteiger partial charge in [-0.15, -0.1) is 0 Å². The largest absolute Gasteiger partial charge is 0.337 e. The summed E-state index contributed by atoms with van der Waals surface area (Å²) in [6, 6.07) is 14.7. The van der Waals surface area contributed by atoms with Crippen molar-refractivity contribution < 1.29 is 4.39 Å². The van der Waals surface area contributed by atoms with Gasteiger partial charge in [0.1, 0.15) is 5.83 Å². The van der Waals surface area contributed by atoms with Crippen molar-refractivity contribution in [2.24, 2.45) is 5.73 Å². The molecule has 0 aliphatic carbocycles. The second-order valence-electron chi connectivity index (χ2n) is 6.70. The molecule has 0 amide bonds. The minimum Gasteiger partial charge on any atom is -0.337 e. The van der Waals surface area contributed by atoms with Crippen LogP contribution in [-0.2, 0) is 6.54 Å². The van der Waals surface area contributed by atoms with Crippen molar-refractivity contribution in [2.75, 3.05) is 35.1 Å². The van der Waals surface area contributed by atoms with Crippen molar-refractivity contribution in [3.05, 3.63) is 60.1 Å². The molecule has 0 spiro atoms. The number of nitrogens with two attached hydrogens (primary N) is 1. The molecule has 4 nitrogen and oxygen atoms in total. The summed E-state index contributed by atoms with van der Waals surface area (Å²) in [5.74, 6) is -0.221. The van der Waals surface area contributed by atoms with Crippen molar-refractivity contribution in [1.82, 2.24) is 4.57 Å². The van der Waals surface area contributed by atoms with E-state index in [-0.39, 0.29) is 18.9 Å². The van der Waals surface area contributed by atoms with E-state index in [9.17, 15) is 4.39 Å². The third kappa shape index (κ3) is 4.57. The first-order valence-electron chi connectivity index (χ1n) is 9.34. The highest BCUT2D eigenvalue weighted by atomic mass is 32.2. The molecular weight excluding hydrogens is 403 g/mol. The van der Waals surface area contributed by atoms with Crippen LogP contribution in [-0.4, -0.2) is 30.7 Å². The second-order valence-corrected chi connectivity index (χ2v) is 8.23. The van der Waals surface area contributed by atoms with Gasteiger partial charge in [-0.05, 0) is 48.9 Å². The first-order valence-corrected chi connectivity index (χ1v) is 11.8. The number of hydrogen-bond donors (Lipinski definition) is 2. The number of halogens is 1. The third-order valence-corrected chi connectivity index (χ3v) is 6.16. The lowest BCUT2D eigenvalue weighted by molar-refractivity contribution is 0.555. The fraction of sp³-hybridized carbons (Fsp3) is 0.273. The first kappa shape index (κ1) is 21.6. The fourth-order valence-electron chi connectivity index (χ4n) is 3.54. The number of rotatable bonds is 8. The molecule has 29 heavy (non-hydrogen) atoms. The molecule has 3 N–H and O–H groups in total. The predicted octanol–water partition coefficient (Wildman–Crippen LogP) is 5.83. The third-order valence-electron chi connectivity index (χ3n) is 4.96. The number of fused-ring (bicyclic) bond motifs is 1. The van der Waals surface area contributed by atoms with Gasteiger partial charge in [-0.25, -0.2) is 4.39 Å². The normalized spacial score (nSPS) is 11.9. The summed E-state index contributed by atoms with van der Waals surface area (Å²) in [5.41, 5.74) is 11.9. The molecule has 0 bridgehead atoms. The van der Waals surface area contributed by atoms with E-state index in [4.69, 9.17) is 5.73 Å². The van der Waals surface area contributed by atoms with Crippen molar-refractivity contribution >= 4 is 46.2 Å². The van der Waals surface area contributed by atoms with Gasteiger partial charge < -0.3 is 19.3 Å². The maximum Gasteiger partial charge on any atom is 0.117 e. The van der Waals surface area contributed by atoms with E-state index in [1.165, 1.54) is 6.08 Å². The lowest BCUT2D eigenvalue weighted by Gasteiger charge is -2.16. The van der Waals surface area contributed by atoms with Gasteiger partial charge in [0, 0.05) is 59.6 Å². The van der Waals surface area contributed by atoms with Gasteiger partial charge in [0.05, 0.1) is 6.54 Å². The van der Waals surface area contributed by atoms with Crippen LogP contribution < -0.4 is 14.8 Å². The Labute approximate surface area is 180 Å². The Morgan fingerprint density at radius 1 is 1.24 bits per heavy atom. The predicted molar refractivity (Wildman–Crippen MR) is 129 cm³/mol. The van der Waals surface area contributed by atoms with Gasteiger partial charge in [-0.2, -0.15) is 0 Å². The van der Waals surface area contributed by atoms with E-state index in [1.807, 2.05) is 23.9 Å². The average Bonchev–Trinajstić information content (AvgIpc) is 2.99. The van der Waals surface area contributed by atoms with Crippen LogP contribution >= 0.6 is 23.9 Å². The molecule has 1 heterocycles. The molecule has 0 aliphatic rings. The summed E-state index contributed by atoms with van der Waals surface area (Å²) in [4.78, 5) is 0. The molecule has 3 aromatic rings. The van der Waals surface area contributed by atoms with E-state index in [0.717, 1.165) is 39.1 Å². The average molecular weight is 431 g/mol. The van der Waals surface area contributed by atoms with Crippen molar-refractivity contribution in [1.29, 1.82) is 0 Å². The molecule has 0 fully saturated rings. The minimum atomic E-state index is -0.221. The SMILES string of the molecule is CSNc1ccc2c(c1)c(-c1cccc(N(C)SC)c1)c(C)n2C/C(F)=C/CN. The number of aromatic nitrogens is 1. The van der Waals surface area contributed by atoms with Crippen LogP contribution in [0.3, 0.4) is 0 Å². The van der Waals surface area contributed by atoms with Crippen LogP contribution in [0.15, 0.2) is 54.4 Å². The van der Waals surface area contributed by atoms with Crippen molar-refractivity contribution in [2.45, 2.75) is 13.5 Å². The molecule has 2 aromatic carbocycles. The number of benzene rings is 2. The smallest absolute Gasteiger partial charge is 0.117 e. The zero-order valence-electron chi connectivity index (χ0n) is 17.2. The molecule has 0 saturated carbocycles. The lowest BCUT2D eigenvalue weighted by atomic mass is 10.0. The topological polar surface area (TPSA) is 46.2 Å². The summed E-state index contributed by atoms with van der Waals surface area (Å²) in [7, 11) is 2.05. The zero-order chi connectivity index (χ0) is 21.0. The van der Waals surface area contributed by atoms with E-state index < -0.39 is 0 Å². The molecular formula is C22H27FN4S2. The van der Waals surface area contributed by atoms with Crippen molar-refractivity contribution in [3.63, 3.8) is 0 Å². The molecule has 0 saturated heterocycles. The molecule has 0 radical (unpaired) electrons. The lowest BCUT2D eigenvalue weighted by Crippen LogP contribution is -2.05. The summed E-state index contributed by atoms with van der Waals surface area (Å²) in [5, 5.41) is 1.10. The molecule has 0 unspecified atom stereocenters. The maximum atomic E-state index is 14.4. The monoisotopic (exact) mass is 430 g/mol. The summed E-state index contributed by atoms with van der Waals surface area (Å²) in [6.07, 6.45) is 5.48. The Morgan fingerprint density at radius 3 is 2.72 bits per heavy atom. The van der Waals surface area contributed by atoms with E-state index in [0.29, 0.717) is 0 Å². The van der Waals surface area contributed by atoms with Gasteiger partial charge in [-0.1, -0.05) is 36.0 Å². The van der Waals surface area contributed by atoms with Gasteiger partial charge in [-0.3, -0.25) is 0 Å². The van der Waals surface area contributed by atoms with E-state index in [1.54, 1.807) is 23.9 Å². The highest BCUT2D eigenvalue weighted by Crippen LogP contribution is 2.38. The van der Waals surface area contributed by atoms with Gasteiger partial charge in [0.15, 0.2) is 0 Å². The summed E-state index contributed by atoms with van der Waals surface area (Å²) in [6.45, 7) is 2.43. The van der Waals surface area contributed by atoms with Gasteiger partial charge in [0.25, 0.3) is 0 Å². The highest BCUT2D eigenvalue weighted by Gasteiger charge is 2.18. The van der Waals surface area contributed by atoms with Crippen LogP contribution in [0.4, 0.5) is 15.8 Å². The molecule has 0 aliphatic heterocycles. The number of hydrogen-bond acceptors (Lipinski definition) is 5. The number of nitrogens with zero attached hydrogens (tertiary/aromatic N) is 2. The Kier molecular flexibility index (Phi) is 7.16. The number of nitrogens with one attached hydrogen (secondary N) is 1. The number of anilines is 2. The summed E-state index contributed by atoms with van der Waals surface area (Å²) < 4.78 is 21.8. The molecule has 1 aromatic heterocycles. The number of allylic oxidation sites excluding steroid dienone is 1. The Bertz CT molecular complexity index is 1030. The Hall–Kier alpha value is -2.09. The molecule has 3 rings (SSSR count). The molecule has 154 valence electrons. The summed E-state index contributed by atoms with van der Waals surface area (Å²) >= 11 is 3.22. The highest BCUT2D eigenvalue weighted by molar-refractivity contribution is 8.00. The van der Waals surface area contributed by atoms with Crippen LogP contribution in [0, 0.1) is 6.92 Å². The molecule has 0 atom stereocenters. The first-order chi connectivity index (χ1) is 14.0. The molecule has 7 heteroatoms. The van der Waals surface area contributed by atoms with Gasteiger partial charge >= 0.3 is 0 Å². The van der Waals surface area contributed by atoms with Crippen LogP contribution in [0.25, 0.3) is 22.0 Å². The van der Waals surface area contributed by atoms with Crippen LogP contribution in [0.1, 0.15) is 5.69 Å². The minimum absolute atomic E-state index is 0.180. The standard InChI is InChI=1S/C22H27FN4S2/c1-15-22(16-6-5-7-19(12-16)26(2)29-4)20-13-18(25-28-3)8-9-21(20)27(15)14-17(23)10-11-24/h5-10,12-13,25H,11,14,24H2,1-4H3/b17-10-. The fourth-order valence-corrected chi connectivity index (χ4v) is 4.22. The van der Waals surface area contributed by atoms with Crippen LogP contribution in [0.5, 0.6) is 0 Å². The van der Waals surface area contributed by atoms with Gasteiger partial charge in [0.2, 0.25) is 0 Å². The quantitative estimate of drug-likeness (QED) is 0.440. The van der Waals surface area contributed by atoms with Crippen molar-refractivity contribution in [3.8, 4) is 11.1 Å². The maximum absolute atomic E-state index is 14.4. The van der Waals surface area contributed by atoms with E-state index >= 15 is 0 Å². The van der Waals surface area contributed by atoms with Crippen LogP contribution in [0.2, 0.25) is 0 Å². The Morgan fingerprint density at radius 2 is 2.03 bits per heavy atom. The zero-order valence-corrected chi connectivity index (χ0v) is 18.8. The second kappa shape index (κ2) is 9.61. The van der Waals surface area contributed by atoms with E-state index in [2.05, 4.69) is 58.6 Å². The Balaban J connectivity index is 2.23.